The van der Waals surface area contributed by atoms with Crippen LogP contribution in [0.1, 0.15) is 36.9 Å². The van der Waals surface area contributed by atoms with Crippen LogP contribution in [0.25, 0.3) is 0 Å². The smallest absolute Gasteiger partial charge is 0.0534 e. The van der Waals surface area contributed by atoms with Gasteiger partial charge in [0.25, 0.3) is 0 Å². The molecular formula is C16H19ClN2. The number of anilines is 1. The number of aromatic nitrogens is 1. The molecule has 1 aromatic heterocycles. The minimum Gasteiger partial charge on any atom is -0.377 e. The molecule has 19 heavy (non-hydrogen) atoms. The molecule has 1 aromatic carbocycles. The van der Waals surface area contributed by atoms with Crippen LogP contribution in [-0.2, 0) is 0 Å². The summed E-state index contributed by atoms with van der Waals surface area (Å²) >= 11 is 5.94. The van der Waals surface area contributed by atoms with Gasteiger partial charge in [0.05, 0.1) is 11.7 Å². The predicted molar refractivity (Wildman–Crippen MR) is 81.7 cm³/mol. The van der Waals surface area contributed by atoms with Gasteiger partial charge in [-0.2, -0.15) is 0 Å². The predicted octanol–water partition coefficient (Wildman–Crippen LogP) is 5.00. The summed E-state index contributed by atoms with van der Waals surface area (Å²) < 4.78 is 0. The van der Waals surface area contributed by atoms with Crippen LogP contribution in [0.2, 0.25) is 5.02 Å². The summed E-state index contributed by atoms with van der Waals surface area (Å²) in [7, 11) is 0. The Morgan fingerprint density at radius 3 is 2.58 bits per heavy atom. The Kier molecular flexibility index (Phi) is 4.80. The van der Waals surface area contributed by atoms with Gasteiger partial charge < -0.3 is 5.32 Å². The lowest BCUT2D eigenvalue weighted by Gasteiger charge is -2.20. The van der Waals surface area contributed by atoms with E-state index in [0.29, 0.717) is 6.04 Å². The lowest BCUT2D eigenvalue weighted by atomic mass is 10.0. The first-order valence-corrected chi connectivity index (χ1v) is 7.00. The molecule has 0 aliphatic heterocycles. The van der Waals surface area contributed by atoms with Crippen molar-refractivity contribution >= 4 is 17.3 Å². The molecule has 100 valence electrons. The minimum atomic E-state index is 0.297. The maximum Gasteiger partial charge on any atom is 0.0534 e. The van der Waals surface area contributed by atoms with Gasteiger partial charge in [-0.15, -0.1) is 0 Å². The Hall–Kier alpha value is -1.54. The number of aryl methyl sites for hydroxylation is 1. The van der Waals surface area contributed by atoms with E-state index in [0.717, 1.165) is 29.1 Å². The van der Waals surface area contributed by atoms with Crippen LogP contribution in [0, 0.1) is 6.92 Å². The van der Waals surface area contributed by atoms with Gasteiger partial charge in [0.15, 0.2) is 0 Å². The summed E-state index contributed by atoms with van der Waals surface area (Å²) in [4.78, 5) is 4.22. The molecule has 3 heteroatoms. The fourth-order valence-corrected chi connectivity index (χ4v) is 2.27. The highest BCUT2D eigenvalue weighted by Crippen LogP contribution is 2.25. The van der Waals surface area contributed by atoms with Gasteiger partial charge in [0.1, 0.15) is 0 Å². The van der Waals surface area contributed by atoms with Gasteiger partial charge in [-0.05, 0) is 42.7 Å². The molecule has 0 fully saturated rings. The quantitative estimate of drug-likeness (QED) is 0.830. The van der Waals surface area contributed by atoms with Crippen LogP contribution in [-0.4, -0.2) is 4.98 Å². The molecule has 2 aromatic rings. The van der Waals surface area contributed by atoms with Crippen LogP contribution in [0.4, 0.5) is 5.69 Å². The van der Waals surface area contributed by atoms with E-state index in [-0.39, 0.29) is 0 Å². The largest absolute Gasteiger partial charge is 0.377 e. The van der Waals surface area contributed by atoms with Crippen LogP contribution in [0.3, 0.4) is 0 Å². The molecule has 2 nitrogen and oxygen atoms in total. The number of rotatable bonds is 5. The average molecular weight is 275 g/mol. The van der Waals surface area contributed by atoms with E-state index < -0.39 is 0 Å². The number of benzene rings is 1. The van der Waals surface area contributed by atoms with Gasteiger partial charge in [-0.25, -0.2) is 0 Å². The summed E-state index contributed by atoms with van der Waals surface area (Å²) in [6.07, 6.45) is 5.93. The van der Waals surface area contributed by atoms with Gasteiger partial charge in [0, 0.05) is 17.4 Å². The average Bonchev–Trinajstić information content (AvgIpc) is 2.39. The van der Waals surface area contributed by atoms with E-state index in [9.17, 15) is 0 Å². The van der Waals surface area contributed by atoms with Crippen molar-refractivity contribution in [3.8, 4) is 0 Å². The summed E-state index contributed by atoms with van der Waals surface area (Å²) in [5.41, 5.74) is 3.48. The van der Waals surface area contributed by atoms with Crippen molar-refractivity contribution in [3.05, 3.63) is 58.9 Å². The van der Waals surface area contributed by atoms with Gasteiger partial charge in [0.2, 0.25) is 0 Å². The van der Waals surface area contributed by atoms with E-state index in [1.165, 1.54) is 5.56 Å². The van der Waals surface area contributed by atoms with Crippen LogP contribution in [0.15, 0.2) is 42.7 Å². The molecular weight excluding hydrogens is 256 g/mol. The maximum absolute atomic E-state index is 5.94. The molecule has 0 radical (unpaired) electrons. The lowest BCUT2D eigenvalue weighted by molar-refractivity contribution is 0.677. The molecule has 1 N–H and O–H groups in total. The first-order chi connectivity index (χ1) is 9.19. The van der Waals surface area contributed by atoms with Crippen molar-refractivity contribution in [3.63, 3.8) is 0 Å². The number of pyridine rings is 1. The molecule has 0 amide bonds. The van der Waals surface area contributed by atoms with Crippen LogP contribution in [0.5, 0.6) is 0 Å². The molecule has 1 unspecified atom stereocenters. The Balaban J connectivity index is 2.18. The van der Waals surface area contributed by atoms with E-state index >= 15 is 0 Å². The zero-order chi connectivity index (χ0) is 13.7. The topological polar surface area (TPSA) is 24.9 Å². The molecule has 0 saturated heterocycles. The van der Waals surface area contributed by atoms with E-state index in [1.807, 2.05) is 24.5 Å². The number of nitrogens with zero attached hydrogens (tertiary/aromatic N) is 1. The van der Waals surface area contributed by atoms with Crippen LogP contribution < -0.4 is 5.32 Å². The third-order valence-electron chi connectivity index (χ3n) is 3.07. The maximum atomic E-state index is 5.94. The van der Waals surface area contributed by atoms with Gasteiger partial charge in [-0.1, -0.05) is 37.1 Å². The fraction of sp³-hybridized carbons (Fsp3) is 0.312. The second kappa shape index (κ2) is 6.58. The summed E-state index contributed by atoms with van der Waals surface area (Å²) in [6.45, 7) is 4.24. The zero-order valence-corrected chi connectivity index (χ0v) is 12.1. The first kappa shape index (κ1) is 13.9. The van der Waals surface area contributed by atoms with Crippen molar-refractivity contribution in [2.45, 2.75) is 32.7 Å². The van der Waals surface area contributed by atoms with Gasteiger partial charge in [-0.3, -0.25) is 4.98 Å². The van der Waals surface area contributed by atoms with Crippen molar-refractivity contribution < 1.29 is 0 Å². The van der Waals surface area contributed by atoms with Crippen molar-refractivity contribution in [2.24, 2.45) is 0 Å². The monoisotopic (exact) mass is 274 g/mol. The van der Waals surface area contributed by atoms with Crippen molar-refractivity contribution in [1.82, 2.24) is 4.98 Å². The normalized spacial score (nSPS) is 12.2. The molecule has 0 spiro atoms. The van der Waals surface area contributed by atoms with Gasteiger partial charge >= 0.3 is 0 Å². The number of hydrogen-bond donors (Lipinski definition) is 1. The zero-order valence-electron chi connectivity index (χ0n) is 11.4. The molecule has 1 atom stereocenters. The number of nitrogens with one attached hydrogen (secondary N) is 1. The SMILES string of the molecule is CCCC(Nc1cncc(C)c1)c1ccc(Cl)cc1. The second-order valence-corrected chi connectivity index (χ2v) is 5.22. The number of hydrogen-bond acceptors (Lipinski definition) is 2. The van der Waals surface area contributed by atoms with E-state index in [4.69, 9.17) is 11.6 Å². The molecule has 0 saturated carbocycles. The van der Waals surface area contributed by atoms with E-state index in [2.05, 4.69) is 42.3 Å². The van der Waals surface area contributed by atoms with Crippen molar-refractivity contribution in [1.29, 1.82) is 0 Å². The first-order valence-electron chi connectivity index (χ1n) is 6.62. The third kappa shape index (κ3) is 3.97. The Morgan fingerprint density at radius 1 is 1.21 bits per heavy atom. The Morgan fingerprint density at radius 2 is 1.95 bits per heavy atom. The number of halogens is 1. The molecule has 0 aliphatic carbocycles. The Labute approximate surface area is 119 Å². The fourth-order valence-electron chi connectivity index (χ4n) is 2.14. The minimum absolute atomic E-state index is 0.297. The van der Waals surface area contributed by atoms with Crippen molar-refractivity contribution in [2.75, 3.05) is 5.32 Å². The summed E-state index contributed by atoms with van der Waals surface area (Å²) in [6, 6.07) is 10.5. The highest BCUT2D eigenvalue weighted by molar-refractivity contribution is 6.30. The Bertz CT molecular complexity index is 523. The summed E-state index contributed by atoms with van der Waals surface area (Å²) in [5, 5.41) is 4.33. The standard InChI is InChI=1S/C16H19ClN2/c1-3-4-16(13-5-7-14(17)8-6-13)19-15-9-12(2)10-18-11-15/h5-11,16,19H,3-4H2,1-2H3. The molecule has 0 bridgehead atoms. The molecule has 1 heterocycles. The highest BCUT2D eigenvalue weighted by Gasteiger charge is 2.10. The molecule has 2 rings (SSSR count). The highest BCUT2D eigenvalue weighted by atomic mass is 35.5. The second-order valence-electron chi connectivity index (χ2n) is 4.79. The van der Waals surface area contributed by atoms with Crippen LogP contribution >= 0.6 is 11.6 Å². The molecule has 0 aliphatic rings. The third-order valence-corrected chi connectivity index (χ3v) is 3.32. The lowest BCUT2D eigenvalue weighted by Crippen LogP contribution is -2.10. The van der Waals surface area contributed by atoms with E-state index in [1.54, 1.807) is 0 Å². The summed E-state index contributed by atoms with van der Waals surface area (Å²) in [5.74, 6) is 0.